The summed E-state index contributed by atoms with van der Waals surface area (Å²) in [5.74, 6) is 0.121. The van der Waals surface area contributed by atoms with Crippen molar-refractivity contribution in [1.82, 2.24) is 0 Å². The van der Waals surface area contributed by atoms with Crippen LogP contribution < -0.4 is 0 Å². The van der Waals surface area contributed by atoms with E-state index < -0.39 is 0 Å². The smallest absolute Gasteiger partial charge is 0.194 e. The zero-order chi connectivity index (χ0) is 17.3. The van der Waals surface area contributed by atoms with Crippen molar-refractivity contribution >= 4 is 27.7 Å². The summed E-state index contributed by atoms with van der Waals surface area (Å²) in [5, 5.41) is 2.52. The SMILES string of the molecule is O=C1c2ccccc2C(=C2c3cc4ccccc4cc32)c2ccccc21. The Balaban J connectivity index is 1.70. The van der Waals surface area contributed by atoms with Crippen molar-refractivity contribution in [3.05, 3.63) is 118 Å². The molecule has 0 N–H and O–H groups in total. The molecule has 0 atom stereocenters. The van der Waals surface area contributed by atoms with Gasteiger partial charge in [-0.25, -0.2) is 0 Å². The molecule has 1 heteroatoms. The minimum atomic E-state index is 0.121. The third kappa shape index (κ3) is 1.72. The molecule has 0 spiro atoms. The van der Waals surface area contributed by atoms with Crippen LogP contribution in [-0.4, -0.2) is 5.78 Å². The zero-order valence-corrected chi connectivity index (χ0v) is 14.0. The van der Waals surface area contributed by atoms with Gasteiger partial charge in [0.15, 0.2) is 5.78 Å². The van der Waals surface area contributed by atoms with Gasteiger partial charge in [-0.05, 0) is 56.3 Å². The van der Waals surface area contributed by atoms with Crippen LogP contribution >= 0.6 is 0 Å². The molecule has 0 aliphatic heterocycles. The lowest BCUT2D eigenvalue weighted by Gasteiger charge is -2.21. The molecule has 6 rings (SSSR count). The lowest BCUT2D eigenvalue weighted by molar-refractivity contribution is 0.103. The number of ketones is 1. The first-order valence-corrected chi connectivity index (χ1v) is 8.84. The average Bonchev–Trinajstić information content (AvgIpc) is 3.39. The van der Waals surface area contributed by atoms with Crippen LogP contribution in [0.3, 0.4) is 0 Å². The summed E-state index contributed by atoms with van der Waals surface area (Å²) in [7, 11) is 0. The fourth-order valence-corrected chi connectivity index (χ4v) is 4.23. The molecule has 0 unspecified atom stereocenters. The summed E-state index contributed by atoms with van der Waals surface area (Å²) in [6, 6.07) is 29.0. The third-order valence-electron chi connectivity index (χ3n) is 5.49. The molecule has 26 heavy (non-hydrogen) atoms. The summed E-state index contributed by atoms with van der Waals surface area (Å²) in [4.78, 5) is 12.9. The lowest BCUT2D eigenvalue weighted by Crippen LogP contribution is -2.14. The van der Waals surface area contributed by atoms with Crippen molar-refractivity contribution in [3.8, 4) is 0 Å². The summed E-state index contributed by atoms with van der Waals surface area (Å²) in [5.41, 5.74) is 8.79. The highest BCUT2D eigenvalue weighted by molar-refractivity contribution is 6.26. The van der Waals surface area contributed by atoms with Crippen LogP contribution in [0.2, 0.25) is 0 Å². The Morgan fingerprint density at radius 3 is 1.31 bits per heavy atom. The Kier molecular flexibility index (Phi) is 2.55. The fourth-order valence-electron chi connectivity index (χ4n) is 4.23. The lowest BCUT2D eigenvalue weighted by atomic mass is 9.80. The molecule has 0 aromatic heterocycles. The fraction of sp³-hybridized carbons (Fsp3) is 0. The van der Waals surface area contributed by atoms with Gasteiger partial charge in [0, 0.05) is 11.1 Å². The largest absolute Gasteiger partial charge is 0.289 e. The van der Waals surface area contributed by atoms with E-state index in [1.807, 2.05) is 36.4 Å². The second kappa shape index (κ2) is 4.80. The molecule has 120 valence electrons. The molecule has 2 aliphatic carbocycles. The van der Waals surface area contributed by atoms with Gasteiger partial charge in [-0.2, -0.15) is 0 Å². The second-order valence-electron chi connectivity index (χ2n) is 6.92. The number of benzene rings is 4. The van der Waals surface area contributed by atoms with E-state index in [1.54, 1.807) is 0 Å². The first-order chi connectivity index (χ1) is 12.8. The van der Waals surface area contributed by atoms with Crippen molar-refractivity contribution in [1.29, 1.82) is 0 Å². The molecule has 4 aromatic carbocycles. The average molecular weight is 330 g/mol. The summed E-state index contributed by atoms with van der Waals surface area (Å²) < 4.78 is 0. The van der Waals surface area contributed by atoms with Gasteiger partial charge in [0.2, 0.25) is 0 Å². The second-order valence-corrected chi connectivity index (χ2v) is 6.92. The molecule has 0 saturated carbocycles. The molecule has 4 aromatic rings. The van der Waals surface area contributed by atoms with Crippen molar-refractivity contribution < 1.29 is 4.79 Å². The highest BCUT2D eigenvalue weighted by Crippen LogP contribution is 2.53. The minimum absolute atomic E-state index is 0.121. The molecular formula is C25H14O. The van der Waals surface area contributed by atoms with Gasteiger partial charge < -0.3 is 0 Å². The first kappa shape index (κ1) is 13.8. The van der Waals surface area contributed by atoms with Gasteiger partial charge >= 0.3 is 0 Å². The van der Waals surface area contributed by atoms with Crippen LogP contribution in [0.15, 0.2) is 84.9 Å². The van der Waals surface area contributed by atoms with Crippen molar-refractivity contribution in [2.24, 2.45) is 0 Å². The quantitative estimate of drug-likeness (QED) is 0.349. The number of hydrogen-bond donors (Lipinski definition) is 0. The Morgan fingerprint density at radius 1 is 0.423 bits per heavy atom. The van der Waals surface area contributed by atoms with Gasteiger partial charge in [0.1, 0.15) is 0 Å². The molecule has 0 heterocycles. The molecule has 0 bridgehead atoms. The molecule has 1 nitrogen and oxygen atoms in total. The predicted molar refractivity (Wildman–Crippen MR) is 105 cm³/mol. The van der Waals surface area contributed by atoms with E-state index >= 15 is 0 Å². The Hall–Kier alpha value is -3.45. The number of carbonyl (C=O) groups is 1. The standard InChI is InChI=1S/C25H14O/c26-25-19-11-5-3-9-17(19)23(18-10-4-6-12-20(18)25)24-21-13-15-7-1-2-8-16(15)14-22(21)24/h1-14H. The van der Waals surface area contributed by atoms with E-state index in [0.717, 1.165) is 22.3 Å². The topological polar surface area (TPSA) is 17.1 Å². The van der Waals surface area contributed by atoms with Crippen LogP contribution in [-0.2, 0) is 0 Å². The van der Waals surface area contributed by atoms with Gasteiger partial charge in [-0.1, -0.05) is 72.8 Å². The Morgan fingerprint density at radius 2 is 0.808 bits per heavy atom. The van der Waals surface area contributed by atoms with Crippen LogP contribution in [0.5, 0.6) is 0 Å². The molecule has 0 radical (unpaired) electrons. The van der Waals surface area contributed by atoms with E-state index in [4.69, 9.17) is 0 Å². The summed E-state index contributed by atoms with van der Waals surface area (Å²) in [6.07, 6.45) is 0. The van der Waals surface area contributed by atoms with E-state index in [2.05, 4.69) is 48.5 Å². The highest BCUT2D eigenvalue weighted by Gasteiger charge is 2.35. The maximum absolute atomic E-state index is 12.9. The van der Waals surface area contributed by atoms with Gasteiger partial charge in [-0.3, -0.25) is 4.79 Å². The molecule has 2 aliphatic rings. The normalized spacial score (nSPS) is 14.1. The highest BCUT2D eigenvalue weighted by atomic mass is 16.1. The molecular weight excluding hydrogens is 316 g/mol. The van der Waals surface area contributed by atoms with E-state index in [-0.39, 0.29) is 5.78 Å². The van der Waals surface area contributed by atoms with Crippen molar-refractivity contribution in [2.75, 3.05) is 0 Å². The Labute approximate surface area is 151 Å². The Bertz CT molecular complexity index is 1190. The number of rotatable bonds is 0. The summed E-state index contributed by atoms with van der Waals surface area (Å²) >= 11 is 0. The number of hydrogen-bond acceptors (Lipinski definition) is 1. The molecule has 0 amide bonds. The van der Waals surface area contributed by atoms with E-state index in [1.165, 1.54) is 33.0 Å². The monoisotopic (exact) mass is 330 g/mol. The third-order valence-corrected chi connectivity index (χ3v) is 5.49. The van der Waals surface area contributed by atoms with Gasteiger partial charge in [-0.15, -0.1) is 0 Å². The van der Waals surface area contributed by atoms with Crippen molar-refractivity contribution in [2.45, 2.75) is 0 Å². The van der Waals surface area contributed by atoms with Crippen molar-refractivity contribution in [3.63, 3.8) is 0 Å². The van der Waals surface area contributed by atoms with Crippen LogP contribution in [0, 0.1) is 0 Å². The first-order valence-electron chi connectivity index (χ1n) is 8.84. The van der Waals surface area contributed by atoms with Crippen LogP contribution in [0.1, 0.15) is 38.2 Å². The van der Waals surface area contributed by atoms with Crippen LogP contribution in [0.25, 0.3) is 21.9 Å². The number of fused-ring (bicyclic) bond motifs is 4. The molecule has 0 fully saturated rings. The molecule has 0 saturated heterocycles. The maximum atomic E-state index is 12.9. The maximum Gasteiger partial charge on any atom is 0.194 e. The van der Waals surface area contributed by atoms with Gasteiger partial charge in [0.25, 0.3) is 0 Å². The summed E-state index contributed by atoms with van der Waals surface area (Å²) in [6.45, 7) is 0. The predicted octanol–water partition coefficient (Wildman–Crippen LogP) is 5.71. The van der Waals surface area contributed by atoms with Crippen LogP contribution in [0.4, 0.5) is 0 Å². The van der Waals surface area contributed by atoms with E-state index in [0.29, 0.717) is 0 Å². The number of carbonyl (C=O) groups excluding carboxylic acids is 1. The zero-order valence-electron chi connectivity index (χ0n) is 14.0. The van der Waals surface area contributed by atoms with Gasteiger partial charge in [0.05, 0.1) is 0 Å². The minimum Gasteiger partial charge on any atom is -0.289 e. The van der Waals surface area contributed by atoms with E-state index in [9.17, 15) is 4.79 Å².